The third-order valence-corrected chi connectivity index (χ3v) is 9.29. The Balaban J connectivity index is 1.32. The van der Waals surface area contributed by atoms with Crippen molar-refractivity contribution in [3.63, 3.8) is 0 Å². The molecule has 11 nitrogen and oxygen atoms in total. The quantitative estimate of drug-likeness (QED) is 0.308. The molecule has 43 heavy (non-hydrogen) atoms. The van der Waals surface area contributed by atoms with Crippen molar-refractivity contribution in [1.29, 1.82) is 0 Å². The maximum Gasteiger partial charge on any atom is 0.268 e. The first-order chi connectivity index (χ1) is 20.9. The summed E-state index contributed by atoms with van der Waals surface area (Å²) in [6, 6.07) is 16.2. The number of rotatable bonds is 7. The predicted octanol–water partition coefficient (Wildman–Crippen LogP) is 2.64. The molecular weight excluding hydrogens is 568 g/mol. The minimum absolute atomic E-state index is 0.0110. The summed E-state index contributed by atoms with van der Waals surface area (Å²) in [5.74, 6) is 5.99. The van der Waals surface area contributed by atoms with E-state index in [0.29, 0.717) is 61.0 Å². The number of nitrogens with one attached hydrogen (secondary N) is 2. The third kappa shape index (κ3) is 6.31. The molecule has 1 unspecified atom stereocenters. The summed E-state index contributed by atoms with van der Waals surface area (Å²) in [5.41, 5.74) is 2.90. The minimum Gasteiger partial charge on any atom is -0.379 e. The van der Waals surface area contributed by atoms with Crippen molar-refractivity contribution in [2.45, 2.75) is 24.5 Å². The lowest BCUT2D eigenvalue weighted by atomic mass is 10.1. The zero-order chi connectivity index (χ0) is 29.8. The van der Waals surface area contributed by atoms with Gasteiger partial charge in [0.15, 0.2) is 0 Å². The van der Waals surface area contributed by atoms with Gasteiger partial charge in [0.2, 0.25) is 16.0 Å². The van der Waals surface area contributed by atoms with Gasteiger partial charge in [-0.25, -0.2) is 13.4 Å². The van der Waals surface area contributed by atoms with Crippen molar-refractivity contribution in [2.75, 3.05) is 51.3 Å². The number of hydrogen-bond donors (Lipinski definition) is 2. The summed E-state index contributed by atoms with van der Waals surface area (Å²) < 4.78 is 40.7. The number of anilines is 2. The highest BCUT2D eigenvalue weighted by molar-refractivity contribution is 7.89. The monoisotopic (exact) mass is 600 g/mol. The van der Waals surface area contributed by atoms with Gasteiger partial charge in [0, 0.05) is 43.4 Å². The van der Waals surface area contributed by atoms with Crippen LogP contribution in [0.15, 0.2) is 70.5 Å². The number of aromatic nitrogens is 3. The first-order valence-corrected chi connectivity index (χ1v) is 15.6. The molecule has 4 aromatic rings. The van der Waals surface area contributed by atoms with Crippen LogP contribution in [0.4, 0.5) is 11.6 Å². The second-order valence-corrected chi connectivity index (χ2v) is 12.2. The average molecular weight is 601 g/mol. The highest BCUT2D eigenvalue weighted by atomic mass is 32.2. The molecule has 6 rings (SSSR count). The lowest BCUT2D eigenvalue weighted by molar-refractivity contribution is 0.0277. The lowest BCUT2D eigenvalue weighted by Crippen LogP contribution is -2.40. The van der Waals surface area contributed by atoms with Crippen LogP contribution in [0.25, 0.3) is 11.0 Å². The molecule has 0 spiro atoms. The van der Waals surface area contributed by atoms with E-state index >= 15 is 0 Å². The van der Waals surface area contributed by atoms with Gasteiger partial charge < -0.3 is 20.1 Å². The number of hydrogen-bond acceptors (Lipinski definition) is 9. The Bertz CT molecular complexity index is 1850. The second kappa shape index (κ2) is 12.6. The Labute approximate surface area is 249 Å². The van der Waals surface area contributed by atoms with E-state index in [1.54, 1.807) is 43.5 Å². The fourth-order valence-electron chi connectivity index (χ4n) is 5.20. The highest BCUT2D eigenvalue weighted by Gasteiger charge is 2.26. The lowest BCUT2D eigenvalue weighted by Gasteiger charge is -2.26. The fourth-order valence-corrected chi connectivity index (χ4v) is 6.68. The number of nitrogens with zero attached hydrogens (tertiary/aromatic N) is 4. The van der Waals surface area contributed by atoms with E-state index in [0.717, 1.165) is 24.3 Å². The average Bonchev–Trinajstić information content (AvgIpc) is 3.05. The largest absolute Gasteiger partial charge is 0.379 e. The first-order valence-electron chi connectivity index (χ1n) is 14.1. The molecule has 12 heteroatoms. The summed E-state index contributed by atoms with van der Waals surface area (Å²) in [6.07, 6.45) is 1.66. The topological polar surface area (TPSA) is 128 Å². The molecule has 2 aliphatic heterocycles. The van der Waals surface area contributed by atoms with Crippen molar-refractivity contribution in [1.82, 2.24) is 24.2 Å². The number of fused-ring (bicyclic) bond motifs is 1. The summed E-state index contributed by atoms with van der Waals surface area (Å²) in [7, 11) is -3.70. The first kappa shape index (κ1) is 29.0. The van der Waals surface area contributed by atoms with Crippen LogP contribution in [0.5, 0.6) is 0 Å². The van der Waals surface area contributed by atoms with Crippen LogP contribution in [-0.2, 0) is 26.0 Å². The molecule has 4 heterocycles. The van der Waals surface area contributed by atoms with E-state index in [-0.39, 0.29) is 23.1 Å². The van der Waals surface area contributed by atoms with Gasteiger partial charge in [-0.3, -0.25) is 9.36 Å². The maximum atomic E-state index is 13.6. The molecule has 222 valence electrons. The molecule has 0 bridgehead atoms. The summed E-state index contributed by atoms with van der Waals surface area (Å²) in [5, 5.41) is 7.20. The van der Waals surface area contributed by atoms with Gasteiger partial charge in [0.05, 0.1) is 42.9 Å². The van der Waals surface area contributed by atoms with Gasteiger partial charge >= 0.3 is 0 Å². The van der Waals surface area contributed by atoms with E-state index in [1.165, 1.54) is 8.87 Å². The van der Waals surface area contributed by atoms with Crippen LogP contribution in [0, 0.1) is 11.8 Å². The van der Waals surface area contributed by atoms with Crippen molar-refractivity contribution < 1.29 is 17.9 Å². The van der Waals surface area contributed by atoms with Gasteiger partial charge in [-0.1, -0.05) is 30.2 Å². The smallest absolute Gasteiger partial charge is 0.268 e. The molecule has 0 aliphatic carbocycles. The third-order valence-electron chi connectivity index (χ3n) is 7.40. The van der Waals surface area contributed by atoms with Gasteiger partial charge in [0.25, 0.3) is 5.56 Å². The molecule has 2 aliphatic rings. The number of benzene rings is 2. The van der Waals surface area contributed by atoms with E-state index in [4.69, 9.17) is 14.5 Å². The standard InChI is InChI=1S/C31H32N6O5S/c1-2-4-24-18-25-19-33-31(34-26-9-7-23(8-10-26)28-20-32-11-14-42-28)35-29(25)37(30(24)38)21-22-5-3-6-27(17-22)43(39,40)36-12-15-41-16-13-36/h3,5-10,17-19,28,32H,11-16,20-21H2,1H3,(H,33,34,35). The van der Waals surface area contributed by atoms with Crippen LogP contribution in [0.2, 0.25) is 0 Å². The molecule has 2 saturated heterocycles. The summed E-state index contributed by atoms with van der Waals surface area (Å²) >= 11 is 0. The molecule has 2 N–H and O–H groups in total. The van der Waals surface area contributed by atoms with Crippen molar-refractivity contribution >= 4 is 32.7 Å². The predicted molar refractivity (Wildman–Crippen MR) is 163 cm³/mol. The van der Waals surface area contributed by atoms with Crippen LogP contribution in [0.3, 0.4) is 0 Å². The zero-order valence-electron chi connectivity index (χ0n) is 23.7. The number of ether oxygens (including phenoxy) is 2. The fraction of sp³-hybridized carbons (Fsp3) is 0.323. The van der Waals surface area contributed by atoms with Gasteiger partial charge in [-0.2, -0.15) is 9.29 Å². The van der Waals surface area contributed by atoms with E-state index in [9.17, 15) is 13.2 Å². The van der Waals surface area contributed by atoms with E-state index in [1.807, 2.05) is 24.3 Å². The highest BCUT2D eigenvalue weighted by Crippen LogP contribution is 2.23. The molecule has 0 amide bonds. The van der Waals surface area contributed by atoms with Crippen LogP contribution < -0.4 is 16.2 Å². The van der Waals surface area contributed by atoms with E-state index < -0.39 is 10.0 Å². The maximum absolute atomic E-state index is 13.6. The Morgan fingerprint density at radius 3 is 2.65 bits per heavy atom. The molecule has 0 saturated carbocycles. The van der Waals surface area contributed by atoms with Gasteiger partial charge in [-0.05, 0) is 48.4 Å². The number of morpholine rings is 2. The molecule has 2 fully saturated rings. The number of sulfonamides is 1. The molecule has 0 radical (unpaired) electrons. The van der Waals surface area contributed by atoms with Crippen LogP contribution in [-0.4, -0.2) is 73.3 Å². The molecular formula is C31H32N6O5S. The molecule has 2 aromatic carbocycles. The summed E-state index contributed by atoms with van der Waals surface area (Å²) in [4.78, 5) is 22.9. The Hall–Kier alpha value is -4.12. The van der Waals surface area contributed by atoms with Gasteiger partial charge in [0.1, 0.15) is 5.65 Å². The van der Waals surface area contributed by atoms with Gasteiger partial charge in [-0.15, -0.1) is 5.92 Å². The second-order valence-electron chi connectivity index (χ2n) is 10.3. The van der Waals surface area contributed by atoms with Crippen LogP contribution >= 0.6 is 0 Å². The number of pyridine rings is 1. The Morgan fingerprint density at radius 1 is 1.09 bits per heavy atom. The minimum atomic E-state index is -3.70. The van der Waals surface area contributed by atoms with E-state index in [2.05, 4.69) is 27.5 Å². The van der Waals surface area contributed by atoms with Crippen molar-refractivity contribution in [2.24, 2.45) is 0 Å². The Morgan fingerprint density at radius 2 is 1.91 bits per heavy atom. The normalized spacial score (nSPS) is 17.7. The summed E-state index contributed by atoms with van der Waals surface area (Å²) in [6.45, 7) is 5.38. The molecule has 2 aromatic heterocycles. The SMILES string of the molecule is CC#Cc1cc2cnc(Nc3ccc(C4CNCCO4)cc3)nc2n(Cc2cccc(S(=O)(=O)N3CCOCC3)c2)c1=O. The zero-order valence-corrected chi connectivity index (χ0v) is 24.6. The molecule has 1 atom stereocenters. The van der Waals surface area contributed by atoms with Crippen LogP contribution in [0.1, 0.15) is 29.7 Å². The van der Waals surface area contributed by atoms with Crippen molar-refractivity contribution in [3.8, 4) is 11.8 Å². The Kier molecular flexibility index (Phi) is 8.51. The van der Waals surface area contributed by atoms with Crippen molar-refractivity contribution in [3.05, 3.63) is 87.8 Å².